The van der Waals surface area contributed by atoms with Crippen LogP contribution in [0.1, 0.15) is 36.7 Å². The molecule has 0 aliphatic rings. The Kier molecular flexibility index (Phi) is 3.79. The molecule has 5 heteroatoms. The first-order valence-electron chi connectivity index (χ1n) is 6.40. The number of hydrogen-bond donors (Lipinski definition) is 2. The van der Waals surface area contributed by atoms with E-state index in [1.165, 1.54) is 0 Å². The lowest BCUT2D eigenvalue weighted by Gasteiger charge is -2.20. The molecule has 0 aliphatic carbocycles. The Morgan fingerprint density at radius 1 is 1.35 bits per heavy atom. The second kappa shape index (κ2) is 5.36. The number of H-pyrrole nitrogens is 1. The predicted octanol–water partition coefficient (Wildman–Crippen LogP) is 2.97. The zero-order chi connectivity index (χ0) is 14.8. The molecule has 5 nitrogen and oxygen atoms in total. The maximum absolute atomic E-state index is 12.3. The molecule has 106 valence electrons. The number of nitrogens with one attached hydrogen (secondary N) is 2. The number of amides is 1. The van der Waals surface area contributed by atoms with Crippen LogP contribution in [0.4, 0.5) is 5.69 Å². The van der Waals surface area contributed by atoms with Crippen LogP contribution < -0.4 is 10.1 Å². The van der Waals surface area contributed by atoms with Gasteiger partial charge in [0, 0.05) is 6.20 Å². The fraction of sp³-hybridized carbons (Fsp3) is 0.333. The fourth-order valence-corrected chi connectivity index (χ4v) is 1.87. The van der Waals surface area contributed by atoms with Crippen LogP contribution in [0.5, 0.6) is 5.75 Å². The van der Waals surface area contributed by atoms with Gasteiger partial charge in [0.25, 0.3) is 5.91 Å². The SMILES string of the molecule is COc1ccc(C(C)(C)C)cc1C(=O)Nc1cn[nH]c1. The number of rotatable bonds is 3. The molecule has 0 saturated carbocycles. The molecule has 0 aliphatic heterocycles. The molecule has 0 saturated heterocycles. The van der Waals surface area contributed by atoms with Crippen LogP contribution in [-0.4, -0.2) is 23.2 Å². The van der Waals surface area contributed by atoms with E-state index in [2.05, 4.69) is 36.3 Å². The highest BCUT2D eigenvalue weighted by molar-refractivity contribution is 6.06. The van der Waals surface area contributed by atoms with Gasteiger partial charge in [-0.3, -0.25) is 9.89 Å². The Morgan fingerprint density at radius 3 is 2.65 bits per heavy atom. The number of hydrogen-bond acceptors (Lipinski definition) is 3. The van der Waals surface area contributed by atoms with Gasteiger partial charge in [-0.1, -0.05) is 26.8 Å². The number of aromatic amines is 1. The maximum Gasteiger partial charge on any atom is 0.259 e. The van der Waals surface area contributed by atoms with Gasteiger partial charge in [-0.25, -0.2) is 0 Å². The van der Waals surface area contributed by atoms with Crippen molar-refractivity contribution in [3.63, 3.8) is 0 Å². The Bertz CT molecular complexity index is 598. The van der Waals surface area contributed by atoms with Crippen molar-refractivity contribution in [1.82, 2.24) is 10.2 Å². The van der Waals surface area contributed by atoms with E-state index < -0.39 is 0 Å². The van der Waals surface area contributed by atoms with Crippen LogP contribution in [0, 0.1) is 0 Å². The summed E-state index contributed by atoms with van der Waals surface area (Å²) in [5.41, 5.74) is 2.19. The molecule has 0 bridgehead atoms. The van der Waals surface area contributed by atoms with E-state index >= 15 is 0 Å². The van der Waals surface area contributed by atoms with Gasteiger partial charge in [0.2, 0.25) is 0 Å². The van der Waals surface area contributed by atoms with Gasteiger partial charge >= 0.3 is 0 Å². The summed E-state index contributed by atoms with van der Waals surface area (Å²) in [5.74, 6) is 0.341. The van der Waals surface area contributed by atoms with E-state index in [1.54, 1.807) is 19.5 Å². The van der Waals surface area contributed by atoms with Crippen molar-refractivity contribution < 1.29 is 9.53 Å². The topological polar surface area (TPSA) is 67.0 Å². The molecular weight excluding hydrogens is 254 g/mol. The summed E-state index contributed by atoms with van der Waals surface area (Å²) in [6, 6.07) is 5.67. The number of benzene rings is 1. The van der Waals surface area contributed by atoms with Gasteiger partial charge in [-0.05, 0) is 23.1 Å². The minimum absolute atomic E-state index is 0.0308. The number of carbonyl (C=O) groups is 1. The quantitative estimate of drug-likeness (QED) is 0.903. The first kappa shape index (κ1) is 14.1. The molecule has 2 rings (SSSR count). The standard InChI is InChI=1S/C15H19N3O2/c1-15(2,3)10-5-6-13(20-4)12(7-10)14(19)18-11-8-16-17-9-11/h5-9H,1-4H3,(H,16,17)(H,18,19). The largest absolute Gasteiger partial charge is 0.496 e. The zero-order valence-electron chi connectivity index (χ0n) is 12.2. The average Bonchev–Trinajstić information content (AvgIpc) is 2.89. The van der Waals surface area contributed by atoms with E-state index in [0.29, 0.717) is 17.0 Å². The van der Waals surface area contributed by atoms with Gasteiger partial charge in [0.15, 0.2) is 0 Å². The molecule has 2 aromatic rings. The first-order valence-corrected chi connectivity index (χ1v) is 6.40. The van der Waals surface area contributed by atoms with Crippen LogP contribution in [0.15, 0.2) is 30.6 Å². The van der Waals surface area contributed by atoms with Gasteiger partial charge in [0.1, 0.15) is 5.75 Å². The Labute approximate surface area is 118 Å². The third-order valence-electron chi connectivity index (χ3n) is 3.07. The minimum atomic E-state index is -0.214. The average molecular weight is 273 g/mol. The monoisotopic (exact) mass is 273 g/mol. The van der Waals surface area contributed by atoms with Crippen molar-refractivity contribution >= 4 is 11.6 Å². The summed E-state index contributed by atoms with van der Waals surface area (Å²) < 4.78 is 5.27. The van der Waals surface area contributed by atoms with E-state index in [4.69, 9.17) is 4.74 Å². The molecular formula is C15H19N3O2. The number of anilines is 1. The number of nitrogens with zero attached hydrogens (tertiary/aromatic N) is 1. The van der Waals surface area contributed by atoms with Gasteiger partial charge in [0.05, 0.1) is 24.6 Å². The van der Waals surface area contributed by atoms with Crippen molar-refractivity contribution in [3.8, 4) is 5.75 Å². The van der Waals surface area contributed by atoms with Crippen molar-refractivity contribution in [3.05, 3.63) is 41.7 Å². The van der Waals surface area contributed by atoms with E-state index in [-0.39, 0.29) is 11.3 Å². The highest BCUT2D eigenvalue weighted by Gasteiger charge is 2.19. The Morgan fingerprint density at radius 2 is 2.10 bits per heavy atom. The lowest BCUT2D eigenvalue weighted by molar-refractivity contribution is 0.102. The van der Waals surface area contributed by atoms with Crippen LogP contribution in [0.2, 0.25) is 0 Å². The molecule has 0 fully saturated rings. The fourth-order valence-electron chi connectivity index (χ4n) is 1.87. The molecule has 2 N–H and O–H groups in total. The number of ether oxygens (including phenoxy) is 1. The zero-order valence-corrected chi connectivity index (χ0v) is 12.2. The Balaban J connectivity index is 2.35. The summed E-state index contributed by atoms with van der Waals surface area (Å²) in [6.45, 7) is 6.31. The van der Waals surface area contributed by atoms with Gasteiger partial charge in [-0.15, -0.1) is 0 Å². The molecule has 0 atom stereocenters. The highest BCUT2D eigenvalue weighted by atomic mass is 16.5. The van der Waals surface area contributed by atoms with E-state index in [0.717, 1.165) is 5.56 Å². The van der Waals surface area contributed by atoms with Crippen molar-refractivity contribution in [2.75, 3.05) is 12.4 Å². The summed E-state index contributed by atoms with van der Waals surface area (Å²) in [7, 11) is 1.56. The van der Waals surface area contributed by atoms with Crippen LogP contribution >= 0.6 is 0 Å². The predicted molar refractivity (Wildman–Crippen MR) is 78.2 cm³/mol. The van der Waals surface area contributed by atoms with Crippen LogP contribution in [0.3, 0.4) is 0 Å². The van der Waals surface area contributed by atoms with Crippen LogP contribution in [-0.2, 0) is 5.41 Å². The lowest BCUT2D eigenvalue weighted by Crippen LogP contribution is -2.16. The normalized spacial score (nSPS) is 11.2. The molecule has 1 aromatic carbocycles. The number of aromatic nitrogens is 2. The van der Waals surface area contributed by atoms with Crippen LogP contribution in [0.25, 0.3) is 0 Å². The molecule has 1 amide bonds. The first-order chi connectivity index (χ1) is 9.41. The van der Waals surface area contributed by atoms with Gasteiger partial charge in [-0.2, -0.15) is 5.10 Å². The van der Waals surface area contributed by atoms with E-state index in [9.17, 15) is 4.79 Å². The summed E-state index contributed by atoms with van der Waals surface area (Å²) in [5, 5.41) is 9.23. The number of carbonyl (C=O) groups excluding carboxylic acids is 1. The second-order valence-electron chi connectivity index (χ2n) is 5.61. The third-order valence-corrected chi connectivity index (χ3v) is 3.07. The lowest BCUT2D eigenvalue weighted by atomic mass is 9.86. The summed E-state index contributed by atoms with van der Waals surface area (Å²) in [6.07, 6.45) is 3.18. The molecule has 0 spiro atoms. The van der Waals surface area contributed by atoms with E-state index in [1.807, 2.05) is 18.2 Å². The summed E-state index contributed by atoms with van der Waals surface area (Å²) in [4.78, 5) is 12.3. The van der Waals surface area contributed by atoms with Gasteiger partial charge < -0.3 is 10.1 Å². The van der Waals surface area contributed by atoms with Crippen molar-refractivity contribution in [2.24, 2.45) is 0 Å². The van der Waals surface area contributed by atoms with Crippen molar-refractivity contribution in [1.29, 1.82) is 0 Å². The molecule has 20 heavy (non-hydrogen) atoms. The molecule has 1 heterocycles. The van der Waals surface area contributed by atoms with Crippen molar-refractivity contribution in [2.45, 2.75) is 26.2 Å². The molecule has 0 radical (unpaired) electrons. The second-order valence-corrected chi connectivity index (χ2v) is 5.61. The smallest absolute Gasteiger partial charge is 0.259 e. The minimum Gasteiger partial charge on any atom is -0.496 e. The molecule has 1 aromatic heterocycles. The highest BCUT2D eigenvalue weighted by Crippen LogP contribution is 2.28. The third kappa shape index (κ3) is 2.99. The number of methoxy groups -OCH3 is 1. The molecule has 0 unspecified atom stereocenters. The Hall–Kier alpha value is -2.30. The summed E-state index contributed by atoms with van der Waals surface area (Å²) >= 11 is 0. The maximum atomic E-state index is 12.3.